The minimum atomic E-state index is -0.193. The summed E-state index contributed by atoms with van der Waals surface area (Å²) in [7, 11) is 1.56. The van der Waals surface area contributed by atoms with Crippen molar-refractivity contribution in [3.63, 3.8) is 0 Å². The Kier molecular flexibility index (Phi) is 2.73. The summed E-state index contributed by atoms with van der Waals surface area (Å²) in [5.74, 6) is -0.353. The van der Waals surface area contributed by atoms with Crippen LogP contribution in [0.4, 0.5) is 5.69 Å². The highest BCUT2D eigenvalue weighted by Crippen LogP contribution is 2.53. The van der Waals surface area contributed by atoms with E-state index in [1.807, 2.05) is 0 Å². The molecule has 5 heteroatoms. The zero-order valence-electron chi connectivity index (χ0n) is 12.2. The monoisotopic (exact) mass is 296 g/mol. The normalized spacial score (nSPS) is 31.8. The fourth-order valence-corrected chi connectivity index (χ4v) is 4.06. The largest absolute Gasteiger partial charge is 0.355 e. The van der Waals surface area contributed by atoms with Crippen LogP contribution < -0.4 is 10.2 Å². The van der Waals surface area contributed by atoms with Crippen molar-refractivity contribution in [2.45, 2.75) is 6.42 Å². The summed E-state index contributed by atoms with van der Waals surface area (Å²) in [6.45, 7) is 0. The molecule has 4 rings (SSSR count). The fourth-order valence-electron chi connectivity index (χ4n) is 4.06. The minimum absolute atomic E-state index is 0.0976. The number of amides is 3. The highest BCUT2D eigenvalue weighted by molar-refractivity contribution is 6.22. The number of benzene rings is 1. The van der Waals surface area contributed by atoms with Gasteiger partial charge < -0.3 is 5.32 Å². The number of rotatable bonds is 2. The van der Waals surface area contributed by atoms with E-state index < -0.39 is 0 Å². The quantitative estimate of drug-likeness (QED) is 0.662. The van der Waals surface area contributed by atoms with E-state index in [9.17, 15) is 14.4 Å². The first kappa shape index (κ1) is 13.2. The van der Waals surface area contributed by atoms with Crippen LogP contribution in [0.15, 0.2) is 36.4 Å². The van der Waals surface area contributed by atoms with Crippen LogP contribution in [0.3, 0.4) is 0 Å². The number of carbonyl (C=O) groups is 3. The molecule has 0 radical (unpaired) electrons. The van der Waals surface area contributed by atoms with Crippen LogP contribution in [0, 0.1) is 23.7 Å². The molecule has 5 nitrogen and oxygen atoms in total. The SMILES string of the molecule is CNC(=O)c1ccc(N2C(=O)[C@H]3[C@H](C2=O)[C@H]2C=C[C@H]3C2)cc1. The third-order valence-corrected chi connectivity index (χ3v) is 5.09. The molecular weight excluding hydrogens is 280 g/mol. The van der Waals surface area contributed by atoms with Gasteiger partial charge in [0.15, 0.2) is 0 Å². The van der Waals surface area contributed by atoms with Gasteiger partial charge in [-0.15, -0.1) is 0 Å². The molecule has 3 aliphatic rings. The molecule has 1 aromatic carbocycles. The highest BCUT2D eigenvalue weighted by atomic mass is 16.2. The van der Waals surface area contributed by atoms with Crippen LogP contribution in [0.25, 0.3) is 0 Å². The van der Waals surface area contributed by atoms with Gasteiger partial charge in [0.05, 0.1) is 17.5 Å². The molecule has 0 spiro atoms. The Bertz CT molecular complexity index is 677. The summed E-state index contributed by atoms with van der Waals surface area (Å²) in [6.07, 6.45) is 5.08. The van der Waals surface area contributed by atoms with E-state index >= 15 is 0 Å². The second-order valence-electron chi connectivity index (χ2n) is 6.14. The maximum absolute atomic E-state index is 12.7. The molecule has 2 fully saturated rings. The van der Waals surface area contributed by atoms with E-state index in [0.29, 0.717) is 11.3 Å². The number of hydrogen-bond acceptors (Lipinski definition) is 3. The summed E-state index contributed by atoms with van der Waals surface area (Å²) >= 11 is 0. The maximum Gasteiger partial charge on any atom is 0.251 e. The number of allylic oxidation sites excluding steroid dienone is 2. The van der Waals surface area contributed by atoms with E-state index in [1.54, 1.807) is 31.3 Å². The Balaban J connectivity index is 1.65. The van der Waals surface area contributed by atoms with E-state index in [1.165, 1.54) is 4.90 Å². The lowest BCUT2D eigenvalue weighted by Crippen LogP contribution is -2.32. The lowest BCUT2D eigenvalue weighted by atomic mass is 9.85. The molecule has 0 unspecified atom stereocenters. The van der Waals surface area contributed by atoms with Crippen molar-refractivity contribution in [1.82, 2.24) is 5.32 Å². The third-order valence-electron chi connectivity index (χ3n) is 5.09. The second kappa shape index (κ2) is 4.53. The van der Waals surface area contributed by atoms with E-state index in [-0.39, 0.29) is 41.4 Å². The highest BCUT2D eigenvalue weighted by Gasteiger charge is 2.59. The molecule has 2 aliphatic carbocycles. The molecule has 2 bridgehead atoms. The first-order valence-corrected chi connectivity index (χ1v) is 7.50. The van der Waals surface area contributed by atoms with Gasteiger partial charge in [0, 0.05) is 12.6 Å². The zero-order chi connectivity index (χ0) is 15.4. The lowest BCUT2D eigenvalue weighted by molar-refractivity contribution is -0.123. The molecule has 1 heterocycles. The molecule has 1 aliphatic heterocycles. The summed E-state index contributed by atoms with van der Waals surface area (Å²) in [6, 6.07) is 6.60. The van der Waals surface area contributed by atoms with Crippen molar-refractivity contribution >= 4 is 23.4 Å². The predicted octanol–water partition coefficient (Wildman–Crippen LogP) is 1.36. The first-order valence-electron chi connectivity index (χ1n) is 7.50. The summed E-state index contributed by atoms with van der Waals surface area (Å²) in [4.78, 5) is 38.2. The Morgan fingerprint density at radius 2 is 1.59 bits per heavy atom. The molecule has 1 saturated heterocycles. The Hall–Kier alpha value is -2.43. The van der Waals surface area contributed by atoms with Crippen molar-refractivity contribution < 1.29 is 14.4 Å². The standard InChI is InChI=1S/C17H16N2O3/c1-18-15(20)9-4-6-12(7-5-9)19-16(21)13-10-2-3-11(8-10)14(13)17(19)22/h2-7,10-11,13-14H,8H2,1H3,(H,18,20)/t10-,11-,13+,14+/m0/s1. The Morgan fingerprint density at radius 3 is 2.09 bits per heavy atom. The average molecular weight is 296 g/mol. The molecule has 4 atom stereocenters. The van der Waals surface area contributed by atoms with Gasteiger partial charge in [-0.05, 0) is 42.5 Å². The average Bonchev–Trinajstić information content (AvgIpc) is 3.21. The Labute approximate surface area is 128 Å². The summed E-state index contributed by atoms with van der Waals surface area (Å²) < 4.78 is 0. The van der Waals surface area contributed by atoms with Crippen LogP contribution in [-0.2, 0) is 9.59 Å². The zero-order valence-corrected chi connectivity index (χ0v) is 12.2. The van der Waals surface area contributed by atoms with Gasteiger partial charge in [0.1, 0.15) is 0 Å². The van der Waals surface area contributed by atoms with Crippen molar-refractivity contribution in [1.29, 1.82) is 0 Å². The van der Waals surface area contributed by atoms with E-state index in [4.69, 9.17) is 0 Å². The summed E-state index contributed by atoms with van der Waals surface area (Å²) in [5, 5.41) is 2.55. The van der Waals surface area contributed by atoms with Crippen LogP contribution in [0.5, 0.6) is 0 Å². The van der Waals surface area contributed by atoms with Crippen molar-refractivity contribution in [2.24, 2.45) is 23.7 Å². The molecule has 0 aromatic heterocycles. The molecule has 1 aromatic rings. The van der Waals surface area contributed by atoms with Gasteiger partial charge >= 0.3 is 0 Å². The number of imide groups is 1. The van der Waals surface area contributed by atoms with Gasteiger partial charge in [-0.2, -0.15) is 0 Å². The van der Waals surface area contributed by atoms with Gasteiger partial charge in [0.2, 0.25) is 11.8 Å². The van der Waals surface area contributed by atoms with Gasteiger partial charge in [0.25, 0.3) is 5.91 Å². The van der Waals surface area contributed by atoms with E-state index in [0.717, 1.165) is 6.42 Å². The number of hydrogen-bond donors (Lipinski definition) is 1. The number of nitrogens with one attached hydrogen (secondary N) is 1. The molecule has 1 N–H and O–H groups in total. The van der Waals surface area contributed by atoms with E-state index in [2.05, 4.69) is 17.5 Å². The maximum atomic E-state index is 12.7. The van der Waals surface area contributed by atoms with Gasteiger partial charge in [-0.1, -0.05) is 12.2 Å². The fraction of sp³-hybridized carbons (Fsp3) is 0.353. The topological polar surface area (TPSA) is 66.5 Å². The van der Waals surface area contributed by atoms with Crippen LogP contribution in [0.1, 0.15) is 16.8 Å². The molecule has 22 heavy (non-hydrogen) atoms. The molecular formula is C17H16N2O3. The second-order valence-corrected chi connectivity index (χ2v) is 6.14. The number of anilines is 1. The van der Waals surface area contributed by atoms with Crippen LogP contribution in [-0.4, -0.2) is 24.8 Å². The van der Waals surface area contributed by atoms with Crippen molar-refractivity contribution in [2.75, 3.05) is 11.9 Å². The third kappa shape index (κ3) is 1.62. The first-order chi connectivity index (χ1) is 10.6. The predicted molar refractivity (Wildman–Crippen MR) is 80.0 cm³/mol. The molecule has 112 valence electrons. The van der Waals surface area contributed by atoms with Crippen molar-refractivity contribution in [3.8, 4) is 0 Å². The summed E-state index contributed by atoms with van der Waals surface area (Å²) in [5.41, 5.74) is 1.06. The minimum Gasteiger partial charge on any atom is -0.355 e. The lowest BCUT2D eigenvalue weighted by Gasteiger charge is -2.17. The number of fused-ring (bicyclic) bond motifs is 5. The molecule has 1 saturated carbocycles. The number of nitrogens with zero attached hydrogens (tertiary/aromatic N) is 1. The van der Waals surface area contributed by atoms with Gasteiger partial charge in [-0.25, -0.2) is 0 Å². The Morgan fingerprint density at radius 1 is 1.05 bits per heavy atom. The number of carbonyl (C=O) groups excluding carboxylic acids is 3. The smallest absolute Gasteiger partial charge is 0.251 e. The molecule has 3 amide bonds. The van der Waals surface area contributed by atoms with Crippen LogP contribution in [0.2, 0.25) is 0 Å². The van der Waals surface area contributed by atoms with Gasteiger partial charge in [-0.3, -0.25) is 19.3 Å². The van der Waals surface area contributed by atoms with Crippen LogP contribution >= 0.6 is 0 Å². The van der Waals surface area contributed by atoms with Crippen molar-refractivity contribution in [3.05, 3.63) is 42.0 Å².